The minimum absolute atomic E-state index is 0.0107. The molecule has 7 heteroatoms. The molecule has 2 aromatic rings. The number of anilines is 2. The lowest BCUT2D eigenvalue weighted by Gasteiger charge is -2.08. The molecule has 0 aliphatic heterocycles. The number of nitrogens with one attached hydrogen (secondary N) is 1. The Bertz CT molecular complexity index is 736. The molecule has 0 atom stereocenters. The highest BCUT2D eigenvalue weighted by atomic mass is 32.2. The van der Waals surface area contributed by atoms with E-state index in [0.29, 0.717) is 5.69 Å². The molecule has 0 fully saturated rings. The Balaban J connectivity index is 2.44. The first-order valence-electron chi connectivity index (χ1n) is 5.26. The van der Waals surface area contributed by atoms with Crippen molar-refractivity contribution in [1.82, 2.24) is 4.98 Å². The number of nitrogen functional groups attached to an aromatic ring is 1. The van der Waals surface area contributed by atoms with Crippen LogP contribution >= 0.6 is 0 Å². The van der Waals surface area contributed by atoms with E-state index >= 15 is 0 Å². The van der Waals surface area contributed by atoms with Gasteiger partial charge >= 0.3 is 0 Å². The van der Waals surface area contributed by atoms with Gasteiger partial charge in [-0.25, -0.2) is 13.4 Å². The average Bonchev–Trinajstić information content (AvgIpc) is 2.38. The molecule has 3 N–H and O–H groups in total. The Hall–Kier alpha value is -2.59. The van der Waals surface area contributed by atoms with Gasteiger partial charge in [0.05, 0.1) is 5.56 Å². The fraction of sp³-hybridized carbons (Fsp3) is 0. The number of benzene rings is 1. The number of nitrogens with two attached hydrogens (primary N) is 1. The molecule has 0 amide bonds. The third-order valence-corrected chi connectivity index (χ3v) is 3.73. The van der Waals surface area contributed by atoms with Crippen molar-refractivity contribution in [2.24, 2.45) is 0 Å². The fourth-order valence-electron chi connectivity index (χ4n) is 1.49. The van der Waals surface area contributed by atoms with Crippen molar-refractivity contribution < 1.29 is 8.42 Å². The summed E-state index contributed by atoms with van der Waals surface area (Å²) in [5, 5.41) is 8.96. The van der Waals surface area contributed by atoms with Crippen molar-refractivity contribution >= 4 is 21.5 Å². The number of pyridine rings is 1. The molecular formula is C12H10N4O2S. The van der Waals surface area contributed by atoms with Gasteiger partial charge in [0.15, 0.2) is 0 Å². The van der Waals surface area contributed by atoms with Gasteiger partial charge in [0.25, 0.3) is 10.0 Å². The van der Waals surface area contributed by atoms with Crippen LogP contribution in [0.15, 0.2) is 47.5 Å². The maximum absolute atomic E-state index is 12.1. The number of hydrogen-bond acceptors (Lipinski definition) is 5. The van der Waals surface area contributed by atoms with Crippen LogP contribution in [-0.4, -0.2) is 13.4 Å². The first-order chi connectivity index (χ1) is 9.03. The minimum atomic E-state index is -3.86. The molecule has 2 rings (SSSR count). The molecule has 0 unspecified atom stereocenters. The molecule has 0 aliphatic rings. The monoisotopic (exact) mass is 274 g/mol. The zero-order valence-corrected chi connectivity index (χ0v) is 10.6. The van der Waals surface area contributed by atoms with Crippen LogP contribution in [0.3, 0.4) is 0 Å². The first kappa shape index (κ1) is 12.9. The molecule has 0 radical (unpaired) electrons. The SMILES string of the molecule is N#Cc1cc(N)ccc1S(=O)(=O)Nc1ccccn1. The summed E-state index contributed by atoms with van der Waals surface area (Å²) in [5.41, 5.74) is 5.84. The summed E-state index contributed by atoms with van der Waals surface area (Å²) >= 11 is 0. The van der Waals surface area contributed by atoms with Gasteiger partial charge in [-0.05, 0) is 30.3 Å². The molecule has 0 bridgehead atoms. The number of aromatic nitrogens is 1. The Morgan fingerprint density at radius 2 is 2.05 bits per heavy atom. The molecule has 0 saturated heterocycles. The number of nitriles is 1. The van der Waals surface area contributed by atoms with E-state index in [9.17, 15) is 8.42 Å². The maximum Gasteiger partial charge on any atom is 0.264 e. The van der Waals surface area contributed by atoms with Gasteiger partial charge in [-0.1, -0.05) is 6.07 Å². The Morgan fingerprint density at radius 3 is 2.68 bits per heavy atom. The predicted octanol–water partition coefficient (Wildman–Crippen LogP) is 1.34. The highest BCUT2D eigenvalue weighted by Gasteiger charge is 2.19. The highest BCUT2D eigenvalue weighted by molar-refractivity contribution is 7.92. The Labute approximate surface area is 110 Å². The molecule has 0 aliphatic carbocycles. The van der Waals surface area contributed by atoms with Crippen molar-refractivity contribution in [2.75, 3.05) is 10.5 Å². The topological polar surface area (TPSA) is 109 Å². The lowest BCUT2D eigenvalue weighted by atomic mass is 10.2. The smallest absolute Gasteiger partial charge is 0.264 e. The minimum Gasteiger partial charge on any atom is -0.399 e. The molecule has 1 heterocycles. The van der Waals surface area contributed by atoms with E-state index in [-0.39, 0.29) is 16.3 Å². The van der Waals surface area contributed by atoms with Crippen LogP contribution < -0.4 is 10.5 Å². The third-order valence-electron chi connectivity index (χ3n) is 2.32. The first-order valence-corrected chi connectivity index (χ1v) is 6.75. The van der Waals surface area contributed by atoms with Gasteiger partial charge in [0, 0.05) is 11.9 Å². The second kappa shape index (κ2) is 4.96. The van der Waals surface area contributed by atoms with Crippen LogP contribution in [0.2, 0.25) is 0 Å². The molecule has 6 nitrogen and oxygen atoms in total. The van der Waals surface area contributed by atoms with Gasteiger partial charge in [-0.2, -0.15) is 5.26 Å². The fourth-order valence-corrected chi connectivity index (χ4v) is 2.63. The van der Waals surface area contributed by atoms with Gasteiger partial charge in [0.1, 0.15) is 16.8 Å². The van der Waals surface area contributed by atoms with Gasteiger partial charge in [-0.3, -0.25) is 4.72 Å². The van der Waals surface area contributed by atoms with Crippen molar-refractivity contribution in [3.63, 3.8) is 0 Å². The standard InChI is InChI=1S/C12H10N4O2S/c13-8-9-7-10(14)4-5-11(9)19(17,18)16-12-3-1-2-6-15-12/h1-7H,14H2,(H,15,16). The second-order valence-electron chi connectivity index (χ2n) is 3.69. The van der Waals surface area contributed by atoms with Crippen molar-refractivity contribution in [1.29, 1.82) is 5.26 Å². The average molecular weight is 274 g/mol. The van der Waals surface area contributed by atoms with Crippen LogP contribution in [0, 0.1) is 11.3 Å². The summed E-state index contributed by atoms with van der Waals surface area (Å²) in [6.07, 6.45) is 1.46. The van der Waals surface area contributed by atoms with Crippen LogP contribution in [0.4, 0.5) is 11.5 Å². The quantitative estimate of drug-likeness (QED) is 0.821. The number of nitrogens with zero attached hydrogens (tertiary/aromatic N) is 2. The summed E-state index contributed by atoms with van der Waals surface area (Å²) in [6.45, 7) is 0. The molecule has 96 valence electrons. The van der Waals surface area contributed by atoms with Crippen LogP contribution in [0.1, 0.15) is 5.56 Å². The number of sulfonamides is 1. The van der Waals surface area contributed by atoms with Crippen molar-refractivity contribution in [3.05, 3.63) is 48.2 Å². The largest absolute Gasteiger partial charge is 0.399 e. The Morgan fingerprint density at radius 1 is 1.26 bits per heavy atom. The highest BCUT2D eigenvalue weighted by Crippen LogP contribution is 2.20. The summed E-state index contributed by atoms with van der Waals surface area (Å²) in [6, 6.07) is 10.7. The molecule has 1 aromatic heterocycles. The van der Waals surface area contributed by atoms with Crippen LogP contribution in [0.25, 0.3) is 0 Å². The van der Waals surface area contributed by atoms with Gasteiger partial charge in [0.2, 0.25) is 0 Å². The summed E-state index contributed by atoms with van der Waals surface area (Å²) in [5.74, 6) is 0.184. The molecular weight excluding hydrogens is 264 g/mol. The van der Waals surface area contributed by atoms with E-state index in [0.717, 1.165) is 0 Å². The van der Waals surface area contributed by atoms with E-state index in [1.807, 2.05) is 6.07 Å². The van der Waals surface area contributed by atoms with Crippen molar-refractivity contribution in [2.45, 2.75) is 4.90 Å². The molecule has 1 aromatic carbocycles. The number of rotatable bonds is 3. The maximum atomic E-state index is 12.1. The van der Waals surface area contributed by atoms with E-state index < -0.39 is 10.0 Å². The van der Waals surface area contributed by atoms with E-state index in [2.05, 4.69) is 9.71 Å². The molecule has 0 spiro atoms. The van der Waals surface area contributed by atoms with Crippen LogP contribution in [0.5, 0.6) is 0 Å². The van der Waals surface area contributed by atoms with E-state index in [1.165, 1.54) is 30.5 Å². The summed E-state index contributed by atoms with van der Waals surface area (Å²) < 4.78 is 26.6. The van der Waals surface area contributed by atoms with E-state index in [4.69, 9.17) is 11.0 Å². The zero-order chi connectivity index (χ0) is 13.9. The third kappa shape index (κ3) is 2.81. The number of hydrogen-bond donors (Lipinski definition) is 2. The van der Waals surface area contributed by atoms with E-state index in [1.54, 1.807) is 12.1 Å². The molecule has 0 saturated carbocycles. The van der Waals surface area contributed by atoms with Crippen molar-refractivity contribution in [3.8, 4) is 6.07 Å². The van der Waals surface area contributed by atoms with Crippen LogP contribution in [-0.2, 0) is 10.0 Å². The van der Waals surface area contributed by atoms with Gasteiger partial charge in [-0.15, -0.1) is 0 Å². The summed E-state index contributed by atoms with van der Waals surface area (Å²) in [7, 11) is -3.86. The lowest BCUT2D eigenvalue weighted by Crippen LogP contribution is -2.15. The second-order valence-corrected chi connectivity index (χ2v) is 5.34. The molecule has 19 heavy (non-hydrogen) atoms. The Kier molecular flexibility index (Phi) is 3.35. The summed E-state index contributed by atoms with van der Waals surface area (Å²) in [4.78, 5) is 3.73. The normalized spacial score (nSPS) is 10.7. The lowest BCUT2D eigenvalue weighted by molar-refractivity contribution is 0.601. The zero-order valence-electron chi connectivity index (χ0n) is 9.74. The predicted molar refractivity (Wildman–Crippen MR) is 70.6 cm³/mol. The van der Waals surface area contributed by atoms with Gasteiger partial charge < -0.3 is 5.73 Å².